The summed E-state index contributed by atoms with van der Waals surface area (Å²) in [5, 5.41) is 3.09. The Balaban J connectivity index is 2.34. The molecule has 25 heavy (non-hydrogen) atoms. The van der Waals surface area contributed by atoms with Crippen LogP contribution in [0.2, 0.25) is 5.02 Å². The minimum atomic E-state index is -3.65. The van der Waals surface area contributed by atoms with Gasteiger partial charge in [-0.15, -0.1) is 0 Å². The second-order valence-electron chi connectivity index (χ2n) is 4.95. The summed E-state index contributed by atoms with van der Waals surface area (Å²) in [6.45, 7) is 1.93. The number of amides is 1. The molecule has 0 saturated heterocycles. The maximum Gasteiger partial charge on any atom is 0.255 e. The van der Waals surface area contributed by atoms with Crippen LogP contribution in [0.1, 0.15) is 17.3 Å². The number of halogens is 2. The zero-order chi connectivity index (χ0) is 18.6. The third-order valence-electron chi connectivity index (χ3n) is 3.20. The van der Waals surface area contributed by atoms with Crippen molar-refractivity contribution in [3.63, 3.8) is 0 Å². The Morgan fingerprint density at radius 1 is 1.28 bits per heavy atom. The van der Waals surface area contributed by atoms with Crippen LogP contribution in [0.15, 0.2) is 45.8 Å². The number of rotatable bonds is 6. The number of ether oxygens (including phenoxy) is 1. The first-order valence-electron chi connectivity index (χ1n) is 7.22. The molecule has 0 aromatic heterocycles. The Labute approximate surface area is 159 Å². The van der Waals surface area contributed by atoms with Gasteiger partial charge in [0.15, 0.2) is 5.75 Å². The standard InChI is InChI=1S/C16H16BrClN2O4S/c1-3-19-25(22,23)12-6-4-5-10(7-12)16(21)20-14-9-11(18)8-13(17)15(14)24-2/h4-9,19H,3H2,1-2H3,(H,20,21). The lowest BCUT2D eigenvalue weighted by molar-refractivity contribution is 0.102. The second kappa shape index (κ2) is 8.18. The summed E-state index contributed by atoms with van der Waals surface area (Å²) >= 11 is 9.31. The number of carbonyl (C=O) groups excluding carboxylic acids is 1. The number of hydrogen-bond donors (Lipinski definition) is 2. The summed E-state index contributed by atoms with van der Waals surface area (Å²) in [5.41, 5.74) is 0.559. The summed E-state index contributed by atoms with van der Waals surface area (Å²) in [6, 6.07) is 8.93. The van der Waals surface area contributed by atoms with Gasteiger partial charge in [0.1, 0.15) is 0 Å². The van der Waals surface area contributed by atoms with Gasteiger partial charge in [0.2, 0.25) is 10.0 Å². The molecule has 9 heteroatoms. The van der Waals surface area contributed by atoms with Gasteiger partial charge in [-0.25, -0.2) is 13.1 Å². The van der Waals surface area contributed by atoms with E-state index in [-0.39, 0.29) is 17.0 Å². The monoisotopic (exact) mass is 446 g/mol. The van der Waals surface area contributed by atoms with Gasteiger partial charge < -0.3 is 10.1 Å². The molecule has 2 aromatic carbocycles. The van der Waals surface area contributed by atoms with Crippen molar-refractivity contribution in [1.29, 1.82) is 0 Å². The second-order valence-corrected chi connectivity index (χ2v) is 8.01. The molecule has 0 aliphatic rings. The van der Waals surface area contributed by atoms with Gasteiger partial charge in [-0.2, -0.15) is 0 Å². The van der Waals surface area contributed by atoms with E-state index in [0.29, 0.717) is 20.9 Å². The van der Waals surface area contributed by atoms with Gasteiger partial charge in [0, 0.05) is 17.1 Å². The van der Waals surface area contributed by atoms with Crippen LogP contribution in [0.3, 0.4) is 0 Å². The zero-order valence-electron chi connectivity index (χ0n) is 13.5. The van der Waals surface area contributed by atoms with Crippen molar-refractivity contribution < 1.29 is 17.9 Å². The SMILES string of the molecule is CCNS(=O)(=O)c1cccc(C(=O)Nc2cc(Cl)cc(Br)c2OC)c1. The highest BCUT2D eigenvalue weighted by Crippen LogP contribution is 2.36. The molecule has 0 spiro atoms. The number of anilines is 1. The van der Waals surface area contributed by atoms with E-state index in [1.165, 1.54) is 31.4 Å². The number of sulfonamides is 1. The van der Waals surface area contributed by atoms with Crippen LogP contribution in [0, 0.1) is 0 Å². The fraction of sp³-hybridized carbons (Fsp3) is 0.188. The average Bonchev–Trinajstić information content (AvgIpc) is 2.54. The largest absolute Gasteiger partial charge is 0.493 e. The van der Waals surface area contributed by atoms with Crippen LogP contribution in [0.25, 0.3) is 0 Å². The van der Waals surface area contributed by atoms with E-state index in [4.69, 9.17) is 16.3 Å². The van der Waals surface area contributed by atoms with Crippen molar-refractivity contribution in [1.82, 2.24) is 4.72 Å². The van der Waals surface area contributed by atoms with Crippen LogP contribution in [0.5, 0.6) is 5.75 Å². The fourth-order valence-corrected chi connectivity index (χ4v) is 4.19. The number of hydrogen-bond acceptors (Lipinski definition) is 4. The molecule has 2 N–H and O–H groups in total. The summed E-state index contributed by atoms with van der Waals surface area (Å²) in [6.07, 6.45) is 0. The van der Waals surface area contributed by atoms with Gasteiger partial charge >= 0.3 is 0 Å². The normalized spacial score (nSPS) is 11.2. The fourth-order valence-electron chi connectivity index (χ4n) is 2.13. The molecule has 0 heterocycles. The lowest BCUT2D eigenvalue weighted by Crippen LogP contribution is -2.23. The predicted molar refractivity (Wildman–Crippen MR) is 101 cm³/mol. The van der Waals surface area contributed by atoms with E-state index in [1.807, 2.05) is 0 Å². The molecule has 0 saturated carbocycles. The van der Waals surface area contributed by atoms with Crippen LogP contribution < -0.4 is 14.8 Å². The van der Waals surface area contributed by atoms with Crippen molar-refractivity contribution in [3.05, 3.63) is 51.5 Å². The topological polar surface area (TPSA) is 84.5 Å². The maximum atomic E-state index is 12.5. The van der Waals surface area contributed by atoms with Crippen molar-refractivity contribution in [2.24, 2.45) is 0 Å². The van der Waals surface area contributed by atoms with E-state index in [0.717, 1.165) is 0 Å². The minimum absolute atomic E-state index is 0.0150. The van der Waals surface area contributed by atoms with Crippen molar-refractivity contribution in [3.8, 4) is 5.75 Å². The van der Waals surface area contributed by atoms with Crippen LogP contribution in [-0.4, -0.2) is 28.0 Å². The molecular formula is C16H16BrClN2O4S. The molecule has 0 aliphatic carbocycles. The van der Waals surface area contributed by atoms with Gasteiger partial charge in [0.05, 0.1) is 22.2 Å². The zero-order valence-corrected chi connectivity index (χ0v) is 16.6. The molecule has 1 amide bonds. The number of methoxy groups -OCH3 is 1. The Morgan fingerprint density at radius 3 is 2.64 bits per heavy atom. The summed E-state index contributed by atoms with van der Waals surface area (Å²) in [4.78, 5) is 12.5. The smallest absolute Gasteiger partial charge is 0.255 e. The van der Waals surface area contributed by atoms with E-state index in [9.17, 15) is 13.2 Å². The first-order valence-corrected chi connectivity index (χ1v) is 9.88. The minimum Gasteiger partial charge on any atom is -0.493 e. The van der Waals surface area contributed by atoms with Gasteiger partial charge in [-0.3, -0.25) is 4.79 Å². The molecule has 0 aliphatic heterocycles. The first-order chi connectivity index (χ1) is 11.8. The maximum absolute atomic E-state index is 12.5. The molecule has 0 radical (unpaired) electrons. The van der Waals surface area contributed by atoms with E-state index in [1.54, 1.807) is 19.1 Å². The van der Waals surface area contributed by atoms with Crippen LogP contribution in [0.4, 0.5) is 5.69 Å². The number of carbonyl (C=O) groups is 1. The summed E-state index contributed by atoms with van der Waals surface area (Å²) < 4.78 is 32.4. The number of benzene rings is 2. The van der Waals surface area contributed by atoms with Gasteiger partial charge in [-0.05, 0) is 46.3 Å². The van der Waals surface area contributed by atoms with Crippen molar-refractivity contribution in [2.75, 3.05) is 19.0 Å². The summed E-state index contributed by atoms with van der Waals surface area (Å²) in [7, 11) is -2.18. The van der Waals surface area contributed by atoms with E-state index >= 15 is 0 Å². The predicted octanol–water partition coefficient (Wildman–Crippen LogP) is 3.66. The molecule has 134 valence electrons. The molecular weight excluding hydrogens is 432 g/mol. The molecule has 6 nitrogen and oxygen atoms in total. The Kier molecular flexibility index (Phi) is 6.45. The van der Waals surface area contributed by atoms with Crippen molar-refractivity contribution in [2.45, 2.75) is 11.8 Å². The quantitative estimate of drug-likeness (QED) is 0.708. The number of nitrogens with one attached hydrogen (secondary N) is 2. The lowest BCUT2D eigenvalue weighted by atomic mass is 10.2. The molecule has 2 aromatic rings. The first kappa shape index (κ1) is 19.7. The van der Waals surface area contributed by atoms with Gasteiger partial charge in [-0.1, -0.05) is 24.6 Å². The third-order valence-corrected chi connectivity index (χ3v) is 5.55. The molecule has 2 rings (SSSR count). The highest BCUT2D eigenvalue weighted by atomic mass is 79.9. The van der Waals surface area contributed by atoms with E-state index in [2.05, 4.69) is 26.0 Å². The molecule has 0 unspecified atom stereocenters. The summed E-state index contributed by atoms with van der Waals surface area (Å²) in [5.74, 6) is -0.0739. The average molecular weight is 448 g/mol. The van der Waals surface area contributed by atoms with Gasteiger partial charge in [0.25, 0.3) is 5.91 Å². The highest BCUT2D eigenvalue weighted by Gasteiger charge is 2.17. The Morgan fingerprint density at radius 2 is 2.00 bits per heavy atom. The highest BCUT2D eigenvalue weighted by molar-refractivity contribution is 9.10. The Bertz CT molecular complexity index is 903. The van der Waals surface area contributed by atoms with E-state index < -0.39 is 15.9 Å². The van der Waals surface area contributed by atoms with Crippen molar-refractivity contribution >= 4 is 49.1 Å². The lowest BCUT2D eigenvalue weighted by Gasteiger charge is -2.13. The van der Waals surface area contributed by atoms with Crippen LogP contribution in [-0.2, 0) is 10.0 Å². The Hall–Kier alpha value is -1.61. The molecule has 0 fully saturated rings. The molecule has 0 bridgehead atoms. The third kappa shape index (κ3) is 4.72. The molecule has 0 atom stereocenters. The van der Waals surface area contributed by atoms with Crippen LogP contribution >= 0.6 is 27.5 Å².